The fourth-order valence-electron chi connectivity index (χ4n) is 3.49. The van der Waals surface area contributed by atoms with E-state index in [0.29, 0.717) is 5.56 Å². The second-order valence-electron chi connectivity index (χ2n) is 7.08. The van der Waals surface area contributed by atoms with Crippen molar-refractivity contribution in [3.05, 3.63) is 94.5 Å². The topological polar surface area (TPSA) is 70.8 Å². The molecule has 2 heterocycles. The van der Waals surface area contributed by atoms with Crippen molar-refractivity contribution in [3.63, 3.8) is 0 Å². The van der Waals surface area contributed by atoms with Crippen LogP contribution in [0.1, 0.15) is 28.5 Å². The highest BCUT2D eigenvalue weighted by molar-refractivity contribution is 6.51. The third-order valence-corrected chi connectivity index (χ3v) is 5.22. The maximum absolute atomic E-state index is 13.8. The zero-order chi connectivity index (χ0) is 21.6. The first-order valence-electron chi connectivity index (χ1n) is 9.16. The number of furan rings is 1. The van der Waals surface area contributed by atoms with Crippen LogP contribution < -0.4 is 4.90 Å². The smallest absolute Gasteiger partial charge is 0.300 e. The van der Waals surface area contributed by atoms with Gasteiger partial charge in [0.1, 0.15) is 17.6 Å². The summed E-state index contributed by atoms with van der Waals surface area (Å²) in [4.78, 5) is 26.7. The largest absolute Gasteiger partial charge is 0.507 e. The number of anilines is 1. The lowest BCUT2D eigenvalue weighted by Gasteiger charge is -2.23. The Morgan fingerprint density at radius 2 is 1.77 bits per heavy atom. The number of benzene rings is 2. The molecule has 7 heteroatoms. The quantitative estimate of drug-likeness (QED) is 0.383. The van der Waals surface area contributed by atoms with Crippen LogP contribution in [0.2, 0.25) is 0 Å². The van der Waals surface area contributed by atoms with Gasteiger partial charge in [0.25, 0.3) is 11.7 Å². The fraction of sp³-hybridized carbons (Fsp3) is 0.130. The minimum atomic E-state index is -1.17. The van der Waals surface area contributed by atoms with Crippen LogP contribution >= 0.6 is 0 Å². The molecule has 1 aliphatic heterocycles. The van der Waals surface area contributed by atoms with E-state index in [1.165, 1.54) is 18.4 Å². The lowest BCUT2D eigenvalue weighted by atomic mass is 9.97. The van der Waals surface area contributed by atoms with E-state index in [1.807, 2.05) is 13.8 Å². The Balaban J connectivity index is 1.93. The van der Waals surface area contributed by atoms with Crippen LogP contribution in [0.4, 0.5) is 14.5 Å². The Kier molecular flexibility index (Phi) is 4.73. The van der Waals surface area contributed by atoms with Gasteiger partial charge in [-0.15, -0.1) is 0 Å². The molecule has 3 aromatic rings. The standard InChI is InChI=1S/C23H17F2NO4/c1-12-5-6-14(10-13(12)2)21(27)19-20(18-4-3-9-30-18)26(23(29)22(19)28)15-7-8-16(24)17(25)11-15/h3-11,20,27H,1-2H3/b21-19-. The highest BCUT2D eigenvalue weighted by Crippen LogP contribution is 2.42. The summed E-state index contributed by atoms with van der Waals surface area (Å²) in [5, 5.41) is 11.0. The number of carbonyl (C=O) groups excluding carboxylic acids is 2. The van der Waals surface area contributed by atoms with Crippen molar-refractivity contribution < 1.29 is 27.9 Å². The number of hydrogen-bond acceptors (Lipinski definition) is 4. The number of nitrogens with zero attached hydrogens (tertiary/aromatic N) is 1. The lowest BCUT2D eigenvalue weighted by molar-refractivity contribution is -0.132. The molecule has 0 radical (unpaired) electrons. The number of carbonyl (C=O) groups is 2. The van der Waals surface area contributed by atoms with Crippen molar-refractivity contribution in [3.8, 4) is 0 Å². The lowest BCUT2D eigenvalue weighted by Crippen LogP contribution is -2.29. The number of amides is 1. The van der Waals surface area contributed by atoms with Gasteiger partial charge in [0.15, 0.2) is 11.6 Å². The van der Waals surface area contributed by atoms with Crippen LogP contribution in [-0.4, -0.2) is 16.8 Å². The normalized spacial score (nSPS) is 18.3. The third kappa shape index (κ3) is 3.08. The van der Waals surface area contributed by atoms with Gasteiger partial charge in [-0.1, -0.05) is 12.1 Å². The molecule has 0 saturated carbocycles. The Bertz CT molecular complexity index is 1200. The highest BCUT2D eigenvalue weighted by Gasteiger charge is 2.48. The minimum absolute atomic E-state index is 0.0310. The molecule has 1 atom stereocenters. The van der Waals surface area contributed by atoms with E-state index in [9.17, 15) is 23.5 Å². The van der Waals surface area contributed by atoms with Gasteiger partial charge in [0.05, 0.1) is 11.8 Å². The Morgan fingerprint density at radius 3 is 2.40 bits per heavy atom. The first-order valence-corrected chi connectivity index (χ1v) is 9.16. The number of rotatable bonds is 3. The summed E-state index contributed by atoms with van der Waals surface area (Å²) in [6, 6.07) is 9.99. The molecular weight excluding hydrogens is 392 g/mol. The number of aliphatic hydroxyl groups excluding tert-OH is 1. The van der Waals surface area contributed by atoms with Crippen LogP contribution in [0.25, 0.3) is 5.76 Å². The number of halogens is 2. The highest BCUT2D eigenvalue weighted by atomic mass is 19.2. The molecule has 1 aromatic heterocycles. The van der Waals surface area contributed by atoms with Gasteiger partial charge in [-0.25, -0.2) is 8.78 Å². The molecule has 1 N–H and O–H groups in total. The average molecular weight is 409 g/mol. The average Bonchev–Trinajstić information content (AvgIpc) is 3.33. The number of ketones is 1. The molecule has 30 heavy (non-hydrogen) atoms. The number of aliphatic hydroxyl groups is 1. The van der Waals surface area contributed by atoms with E-state index in [2.05, 4.69) is 0 Å². The molecule has 4 rings (SSSR count). The molecule has 5 nitrogen and oxygen atoms in total. The summed E-state index contributed by atoms with van der Waals surface area (Å²) < 4.78 is 32.7. The number of aryl methyl sites for hydroxylation is 2. The molecule has 1 amide bonds. The summed E-state index contributed by atoms with van der Waals surface area (Å²) in [6.07, 6.45) is 1.36. The van der Waals surface area contributed by atoms with Crippen molar-refractivity contribution >= 4 is 23.1 Å². The van der Waals surface area contributed by atoms with Crippen molar-refractivity contribution in [2.75, 3.05) is 4.90 Å². The van der Waals surface area contributed by atoms with Crippen LogP contribution in [0.15, 0.2) is 64.8 Å². The second kappa shape index (κ2) is 7.26. The molecule has 1 unspecified atom stereocenters. The maximum Gasteiger partial charge on any atom is 0.300 e. The van der Waals surface area contributed by atoms with Crippen LogP contribution in [-0.2, 0) is 9.59 Å². The van der Waals surface area contributed by atoms with Crippen LogP contribution in [0.3, 0.4) is 0 Å². The first kappa shape index (κ1) is 19.6. The summed E-state index contributed by atoms with van der Waals surface area (Å²) in [7, 11) is 0. The van der Waals surface area contributed by atoms with Gasteiger partial charge >= 0.3 is 0 Å². The van der Waals surface area contributed by atoms with Crippen molar-refractivity contribution in [2.45, 2.75) is 19.9 Å². The summed E-state index contributed by atoms with van der Waals surface area (Å²) in [6.45, 7) is 3.76. The summed E-state index contributed by atoms with van der Waals surface area (Å²) in [5.74, 6) is -4.35. The Labute approximate surface area is 170 Å². The van der Waals surface area contributed by atoms with Gasteiger partial charge < -0.3 is 9.52 Å². The molecule has 0 bridgehead atoms. The van der Waals surface area contributed by atoms with E-state index in [0.717, 1.165) is 28.2 Å². The van der Waals surface area contributed by atoms with Crippen molar-refractivity contribution in [1.82, 2.24) is 0 Å². The van der Waals surface area contributed by atoms with Crippen LogP contribution in [0.5, 0.6) is 0 Å². The number of hydrogen-bond donors (Lipinski definition) is 1. The second-order valence-corrected chi connectivity index (χ2v) is 7.08. The van der Waals surface area contributed by atoms with Gasteiger partial charge in [-0.2, -0.15) is 0 Å². The molecule has 0 aliphatic carbocycles. The van der Waals surface area contributed by atoms with E-state index in [4.69, 9.17) is 4.42 Å². The fourth-order valence-corrected chi connectivity index (χ4v) is 3.49. The third-order valence-electron chi connectivity index (χ3n) is 5.22. The number of Topliss-reactive ketones (excluding diaryl/α,β-unsaturated/α-hetero) is 1. The maximum atomic E-state index is 13.8. The van der Waals surface area contributed by atoms with Gasteiger partial charge in [-0.05, 0) is 55.3 Å². The predicted octanol–water partition coefficient (Wildman–Crippen LogP) is 4.80. The monoisotopic (exact) mass is 409 g/mol. The molecule has 0 spiro atoms. The van der Waals surface area contributed by atoms with E-state index in [-0.39, 0.29) is 22.8 Å². The van der Waals surface area contributed by atoms with Crippen molar-refractivity contribution in [2.24, 2.45) is 0 Å². The summed E-state index contributed by atoms with van der Waals surface area (Å²) in [5.41, 5.74) is 2.03. The van der Waals surface area contributed by atoms with Crippen LogP contribution in [0, 0.1) is 25.5 Å². The zero-order valence-corrected chi connectivity index (χ0v) is 16.1. The van der Waals surface area contributed by atoms with E-state index >= 15 is 0 Å². The molecule has 1 aliphatic rings. The SMILES string of the molecule is Cc1ccc(/C(O)=C2/C(=O)C(=O)N(c3ccc(F)c(F)c3)C2c2ccco2)cc1C. The molecule has 2 aromatic carbocycles. The zero-order valence-electron chi connectivity index (χ0n) is 16.1. The Morgan fingerprint density at radius 1 is 1.00 bits per heavy atom. The first-order chi connectivity index (χ1) is 14.3. The van der Waals surface area contributed by atoms with Gasteiger partial charge in [0, 0.05) is 17.3 Å². The Hall–Kier alpha value is -3.74. The van der Waals surface area contributed by atoms with E-state index < -0.39 is 29.4 Å². The minimum Gasteiger partial charge on any atom is -0.507 e. The molecular formula is C23H17F2NO4. The molecule has 1 saturated heterocycles. The molecule has 152 valence electrons. The van der Waals surface area contributed by atoms with Crippen molar-refractivity contribution in [1.29, 1.82) is 0 Å². The van der Waals surface area contributed by atoms with Gasteiger partial charge in [-0.3, -0.25) is 14.5 Å². The van der Waals surface area contributed by atoms with E-state index in [1.54, 1.807) is 24.3 Å². The molecule has 1 fully saturated rings. The predicted molar refractivity (Wildman–Crippen MR) is 106 cm³/mol. The summed E-state index contributed by atoms with van der Waals surface area (Å²) >= 11 is 0. The van der Waals surface area contributed by atoms with Gasteiger partial charge in [0.2, 0.25) is 0 Å².